The second-order valence-electron chi connectivity index (χ2n) is 6.86. The Morgan fingerprint density at radius 2 is 1.85 bits per heavy atom. The fraction of sp³-hybridized carbons (Fsp3) is 0.350. The average Bonchev–Trinajstić information content (AvgIpc) is 2.80. The van der Waals surface area contributed by atoms with E-state index in [-0.39, 0.29) is 23.5 Å². The third kappa shape index (κ3) is 5.08. The number of sulfonamides is 1. The summed E-state index contributed by atoms with van der Waals surface area (Å²) in [6, 6.07) is 12.2. The lowest BCUT2D eigenvalue weighted by Gasteiger charge is -2.12. The first kappa shape index (κ1) is 19.4. The molecule has 0 fully saturated rings. The summed E-state index contributed by atoms with van der Waals surface area (Å²) in [7, 11) is -3.64. The van der Waals surface area contributed by atoms with Crippen LogP contribution >= 0.6 is 0 Å². The molecular weight excluding hydrogens is 364 g/mol. The number of fused-ring (bicyclic) bond motifs is 1. The minimum absolute atomic E-state index is 0.0348. The Morgan fingerprint density at radius 3 is 2.56 bits per heavy atom. The SMILES string of the molecule is CC(C)Oc1ccc(CNS(=O)(=O)c2ccc3c(c2)CCCC(=O)N3)cc1. The van der Waals surface area contributed by atoms with Crippen molar-refractivity contribution in [3.63, 3.8) is 0 Å². The van der Waals surface area contributed by atoms with E-state index in [9.17, 15) is 13.2 Å². The zero-order valence-electron chi connectivity index (χ0n) is 15.5. The van der Waals surface area contributed by atoms with Gasteiger partial charge in [0.25, 0.3) is 0 Å². The van der Waals surface area contributed by atoms with E-state index in [1.54, 1.807) is 12.1 Å². The van der Waals surface area contributed by atoms with Crippen molar-refractivity contribution in [1.29, 1.82) is 0 Å². The molecule has 0 saturated carbocycles. The third-order valence-corrected chi connectivity index (χ3v) is 5.67. The summed E-state index contributed by atoms with van der Waals surface area (Å²) in [5.41, 5.74) is 2.38. The van der Waals surface area contributed by atoms with Crippen molar-refractivity contribution in [1.82, 2.24) is 4.72 Å². The number of nitrogens with one attached hydrogen (secondary N) is 2. The van der Waals surface area contributed by atoms with Crippen LogP contribution in [0.3, 0.4) is 0 Å². The van der Waals surface area contributed by atoms with Crippen molar-refractivity contribution in [2.45, 2.75) is 50.7 Å². The van der Waals surface area contributed by atoms with Gasteiger partial charge in [0, 0.05) is 18.7 Å². The average molecular weight is 388 g/mol. The Bertz CT molecular complexity index is 921. The molecule has 2 N–H and O–H groups in total. The fourth-order valence-electron chi connectivity index (χ4n) is 2.94. The molecule has 2 aromatic rings. The Hall–Kier alpha value is -2.38. The van der Waals surface area contributed by atoms with Gasteiger partial charge in [0.2, 0.25) is 15.9 Å². The number of aryl methyl sites for hydroxylation is 1. The van der Waals surface area contributed by atoms with Gasteiger partial charge in [0.1, 0.15) is 5.75 Å². The summed E-state index contributed by atoms with van der Waals surface area (Å²) in [6.07, 6.45) is 1.92. The van der Waals surface area contributed by atoms with Gasteiger partial charge in [-0.3, -0.25) is 4.79 Å². The minimum atomic E-state index is -3.64. The molecule has 7 heteroatoms. The highest BCUT2D eigenvalue weighted by Crippen LogP contribution is 2.25. The van der Waals surface area contributed by atoms with Crippen molar-refractivity contribution < 1.29 is 17.9 Å². The lowest BCUT2D eigenvalue weighted by Crippen LogP contribution is -2.23. The van der Waals surface area contributed by atoms with Crippen LogP contribution < -0.4 is 14.8 Å². The molecule has 2 aromatic carbocycles. The van der Waals surface area contributed by atoms with E-state index < -0.39 is 10.0 Å². The predicted molar refractivity (Wildman–Crippen MR) is 104 cm³/mol. The predicted octanol–water partition coefficient (Wildman–Crippen LogP) is 3.23. The smallest absolute Gasteiger partial charge is 0.240 e. The fourth-order valence-corrected chi connectivity index (χ4v) is 4.01. The molecule has 3 rings (SSSR count). The van der Waals surface area contributed by atoms with Crippen LogP contribution in [0.4, 0.5) is 5.69 Å². The van der Waals surface area contributed by atoms with E-state index in [1.165, 1.54) is 6.07 Å². The van der Waals surface area contributed by atoms with Gasteiger partial charge in [-0.25, -0.2) is 13.1 Å². The second kappa shape index (κ2) is 8.10. The van der Waals surface area contributed by atoms with E-state index in [4.69, 9.17) is 4.74 Å². The number of benzene rings is 2. The first-order valence-electron chi connectivity index (χ1n) is 9.01. The molecule has 1 aliphatic rings. The number of carbonyl (C=O) groups is 1. The van der Waals surface area contributed by atoms with Gasteiger partial charge in [-0.1, -0.05) is 12.1 Å². The molecular formula is C20H24N2O4S. The van der Waals surface area contributed by atoms with Crippen molar-refractivity contribution in [2.75, 3.05) is 5.32 Å². The van der Waals surface area contributed by atoms with E-state index in [0.717, 1.165) is 16.9 Å². The normalized spacial score (nSPS) is 14.4. The maximum Gasteiger partial charge on any atom is 0.240 e. The lowest BCUT2D eigenvalue weighted by molar-refractivity contribution is -0.116. The number of amides is 1. The van der Waals surface area contributed by atoms with E-state index in [1.807, 2.05) is 38.1 Å². The molecule has 1 heterocycles. The molecule has 1 amide bonds. The van der Waals surface area contributed by atoms with E-state index in [2.05, 4.69) is 10.0 Å². The lowest BCUT2D eigenvalue weighted by atomic mass is 10.1. The highest BCUT2D eigenvalue weighted by atomic mass is 32.2. The zero-order chi connectivity index (χ0) is 19.4. The summed E-state index contributed by atoms with van der Waals surface area (Å²) in [4.78, 5) is 11.8. The monoisotopic (exact) mass is 388 g/mol. The van der Waals surface area contributed by atoms with Crippen molar-refractivity contribution in [2.24, 2.45) is 0 Å². The van der Waals surface area contributed by atoms with Gasteiger partial charge < -0.3 is 10.1 Å². The quantitative estimate of drug-likeness (QED) is 0.796. The van der Waals surface area contributed by atoms with Crippen molar-refractivity contribution >= 4 is 21.6 Å². The standard InChI is InChI=1S/C20H24N2O4S/c1-14(2)26-17-8-6-15(7-9-17)13-21-27(24,25)18-10-11-19-16(12-18)4-3-5-20(23)22-19/h6-12,14,21H,3-5,13H2,1-2H3,(H,22,23). The van der Waals surface area contributed by atoms with Crippen LogP contribution in [-0.4, -0.2) is 20.4 Å². The van der Waals surface area contributed by atoms with Crippen LogP contribution in [0.2, 0.25) is 0 Å². The number of hydrogen-bond acceptors (Lipinski definition) is 4. The van der Waals surface area contributed by atoms with Gasteiger partial charge in [-0.2, -0.15) is 0 Å². The maximum absolute atomic E-state index is 12.6. The largest absolute Gasteiger partial charge is 0.491 e. The third-order valence-electron chi connectivity index (χ3n) is 4.27. The minimum Gasteiger partial charge on any atom is -0.491 e. The highest BCUT2D eigenvalue weighted by molar-refractivity contribution is 7.89. The molecule has 0 saturated heterocycles. The number of anilines is 1. The molecule has 6 nitrogen and oxygen atoms in total. The Kier molecular flexibility index (Phi) is 5.82. The molecule has 27 heavy (non-hydrogen) atoms. The number of rotatable bonds is 6. The van der Waals surface area contributed by atoms with E-state index >= 15 is 0 Å². The molecule has 0 bridgehead atoms. The molecule has 1 aliphatic heterocycles. The topological polar surface area (TPSA) is 84.5 Å². The number of hydrogen-bond donors (Lipinski definition) is 2. The molecule has 0 atom stereocenters. The summed E-state index contributed by atoms with van der Waals surface area (Å²) in [6.45, 7) is 4.10. The summed E-state index contributed by atoms with van der Waals surface area (Å²) < 4.78 is 33.5. The first-order valence-corrected chi connectivity index (χ1v) is 10.5. The Balaban J connectivity index is 1.70. The van der Waals surface area contributed by atoms with Gasteiger partial charge in [0.15, 0.2) is 0 Å². The van der Waals surface area contributed by atoms with Crippen molar-refractivity contribution in [3.8, 4) is 5.75 Å². The highest BCUT2D eigenvalue weighted by Gasteiger charge is 2.18. The maximum atomic E-state index is 12.6. The molecule has 0 unspecified atom stereocenters. The molecule has 144 valence electrons. The van der Waals surface area contributed by atoms with Gasteiger partial charge in [0.05, 0.1) is 11.0 Å². The van der Waals surface area contributed by atoms with Gasteiger partial charge in [-0.05, 0) is 68.1 Å². The van der Waals surface area contributed by atoms with Crippen LogP contribution in [0.5, 0.6) is 5.75 Å². The second-order valence-corrected chi connectivity index (χ2v) is 8.62. The van der Waals surface area contributed by atoms with E-state index in [0.29, 0.717) is 24.9 Å². The summed E-state index contributed by atoms with van der Waals surface area (Å²) in [5, 5.41) is 2.81. The van der Waals surface area contributed by atoms with Gasteiger partial charge >= 0.3 is 0 Å². The number of ether oxygens (including phenoxy) is 1. The van der Waals surface area contributed by atoms with Crippen LogP contribution in [0.15, 0.2) is 47.4 Å². The Morgan fingerprint density at radius 1 is 1.11 bits per heavy atom. The van der Waals surface area contributed by atoms with Crippen LogP contribution in [0.1, 0.15) is 37.8 Å². The van der Waals surface area contributed by atoms with Crippen molar-refractivity contribution in [3.05, 3.63) is 53.6 Å². The molecule has 0 aliphatic carbocycles. The molecule has 0 aromatic heterocycles. The molecule has 0 radical (unpaired) electrons. The van der Waals surface area contributed by atoms with Crippen LogP contribution in [-0.2, 0) is 27.8 Å². The van der Waals surface area contributed by atoms with Crippen LogP contribution in [0.25, 0.3) is 0 Å². The summed E-state index contributed by atoms with van der Waals surface area (Å²) >= 11 is 0. The van der Waals surface area contributed by atoms with Gasteiger partial charge in [-0.15, -0.1) is 0 Å². The van der Waals surface area contributed by atoms with Crippen LogP contribution in [0, 0.1) is 0 Å². The Labute approximate surface area is 160 Å². The zero-order valence-corrected chi connectivity index (χ0v) is 16.3. The first-order chi connectivity index (χ1) is 12.8. The summed E-state index contributed by atoms with van der Waals surface area (Å²) in [5.74, 6) is 0.719. The number of carbonyl (C=O) groups excluding carboxylic acids is 1. The molecule has 0 spiro atoms.